The summed E-state index contributed by atoms with van der Waals surface area (Å²) in [6.07, 6.45) is -4.51. The molecule has 3 rings (SSSR count). The molecule has 2 amide bonds. The largest absolute Gasteiger partial charge is 0.416 e. The van der Waals surface area contributed by atoms with E-state index in [1.165, 1.54) is 24.3 Å². The molecule has 9 heteroatoms. The number of imide groups is 1. The first-order valence-electron chi connectivity index (χ1n) is 6.99. The number of amides is 2. The highest BCUT2D eigenvalue weighted by Gasteiger charge is 2.41. The summed E-state index contributed by atoms with van der Waals surface area (Å²) in [6, 6.07) is 9.10. The zero-order chi connectivity index (χ0) is 18.2. The van der Waals surface area contributed by atoms with Gasteiger partial charge in [0.15, 0.2) is 5.37 Å². The summed E-state index contributed by atoms with van der Waals surface area (Å²) in [4.78, 5) is 25.3. The summed E-state index contributed by atoms with van der Waals surface area (Å²) >= 11 is 0.640. The minimum absolute atomic E-state index is 0.0643. The third-order valence-electron chi connectivity index (χ3n) is 3.42. The van der Waals surface area contributed by atoms with Crippen LogP contribution in [0.5, 0.6) is 0 Å². The zero-order valence-electron chi connectivity index (χ0n) is 12.4. The highest BCUT2D eigenvalue weighted by Crippen LogP contribution is 2.34. The number of nitrogens with one attached hydrogen (secondary N) is 1. The minimum atomic E-state index is -4.51. The number of hydrogen-bond acceptors (Lipinski definition) is 4. The number of halogens is 4. The Balaban J connectivity index is 1.80. The second-order valence-corrected chi connectivity index (χ2v) is 6.19. The van der Waals surface area contributed by atoms with Gasteiger partial charge in [-0.05, 0) is 54.2 Å². The molecule has 1 fully saturated rings. The molecule has 130 valence electrons. The Labute approximate surface area is 143 Å². The van der Waals surface area contributed by atoms with Gasteiger partial charge in [-0.15, -0.1) is 0 Å². The van der Waals surface area contributed by atoms with E-state index in [9.17, 15) is 27.2 Å². The number of alkyl halides is 3. The van der Waals surface area contributed by atoms with Crippen molar-refractivity contribution in [1.82, 2.24) is 0 Å². The molecule has 0 bridgehead atoms. The van der Waals surface area contributed by atoms with E-state index in [1.807, 2.05) is 0 Å². The van der Waals surface area contributed by atoms with Crippen molar-refractivity contribution in [1.29, 1.82) is 0 Å². The van der Waals surface area contributed by atoms with E-state index in [1.54, 1.807) is 0 Å². The van der Waals surface area contributed by atoms with Crippen LogP contribution in [0.25, 0.3) is 0 Å². The molecule has 1 atom stereocenters. The van der Waals surface area contributed by atoms with Gasteiger partial charge in [0.05, 0.1) is 11.3 Å². The molecule has 0 aliphatic carbocycles. The Kier molecular flexibility index (Phi) is 4.42. The van der Waals surface area contributed by atoms with Gasteiger partial charge in [0.2, 0.25) is 0 Å². The van der Waals surface area contributed by atoms with Gasteiger partial charge in [0.25, 0.3) is 11.1 Å². The van der Waals surface area contributed by atoms with Gasteiger partial charge < -0.3 is 5.32 Å². The van der Waals surface area contributed by atoms with Crippen molar-refractivity contribution in [2.24, 2.45) is 0 Å². The fraction of sp³-hybridized carbons (Fsp3) is 0.125. The quantitative estimate of drug-likeness (QED) is 0.810. The third-order valence-corrected chi connectivity index (χ3v) is 4.36. The standard InChI is InChI=1S/C16H10F4N2O2S/c17-10-4-6-12(7-5-10)22-14(23)13(25-15(22)24)21-11-3-1-2-9(8-11)16(18,19)20/h1-8,13,21H/t13-/m0/s1. The first-order valence-corrected chi connectivity index (χ1v) is 7.87. The molecule has 1 N–H and O–H groups in total. The summed E-state index contributed by atoms with van der Waals surface area (Å²) in [5.41, 5.74) is -0.610. The fourth-order valence-corrected chi connectivity index (χ4v) is 3.17. The van der Waals surface area contributed by atoms with E-state index in [-0.39, 0.29) is 11.4 Å². The molecule has 1 heterocycles. The average molecular weight is 370 g/mol. The minimum Gasteiger partial charge on any atom is -0.365 e. The lowest BCUT2D eigenvalue weighted by molar-refractivity contribution is -0.137. The monoisotopic (exact) mass is 370 g/mol. The van der Waals surface area contributed by atoms with Crippen LogP contribution in [0.2, 0.25) is 0 Å². The van der Waals surface area contributed by atoms with Crippen LogP contribution in [-0.4, -0.2) is 16.5 Å². The molecule has 1 aliphatic heterocycles. The number of carbonyl (C=O) groups is 2. The molecule has 0 saturated carbocycles. The van der Waals surface area contributed by atoms with Crippen LogP contribution in [0.3, 0.4) is 0 Å². The first-order chi connectivity index (χ1) is 11.8. The number of hydrogen-bond donors (Lipinski definition) is 1. The molecule has 25 heavy (non-hydrogen) atoms. The van der Waals surface area contributed by atoms with Crippen molar-refractivity contribution in [2.75, 3.05) is 10.2 Å². The van der Waals surface area contributed by atoms with Gasteiger partial charge >= 0.3 is 6.18 Å². The summed E-state index contributed by atoms with van der Waals surface area (Å²) in [5, 5.41) is 0.957. The molecule has 1 saturated heterocycles. The Morgan fingerprint density at radius 3 is 2.36 bits per heavy atom. The molecule has 1 aliphatic rings. The van der Waals surface area contributed by atoms with Crippen molar-refractivity contribution in [3.8, 4) is 0 Å². The lowest BCUT2D eigenvalue weighted by atomic mass is 10.2. The molecule has 4 nitrogen and oxygen atoms in total. The van der Waals surface area contributed by atoms with E-state index in [0.717, 1.165) is 29.2 Å². The Morgan fingerprint density at radius 1 is 1.04 bits per heavy atom. The Bertz CT molecular complexity index is 824. The summed E-state index contributed by atoms with van der Waals surface area (Å²) in [6.45, 7) is 0. The number of anilines is 2. The van der Waals surface area contributed by atoms with Gasteiger partial charge in [0, 0.05) is 5.69 Å². The van der Waals surface area contributed by atoms with Crippen LogP contribution in [0.15, 0.2) is 48.5 Å². The van der Waals surface area contributed by atoms with Crippen LogP contribution in [0, 0.1) is 5.82 Å². The van der Waals surface area contributed by atoms with Crippen LogP contribution >= 0.6 is 11.8 Å². The summed E-state index contributed by atoms with van der Waals surface area (Å²) < 4.78 is 51.2. The molecule has 0 radical (unpaired) electrons. The normalized spacial score (nSPS) is 17.9. The van der Waals surface area contributed by atoms with Crippen molar-refractivity contribution in [3.63, 3.8) is 0 Å². The number of rotatable bonds is 3. The van der Waals surface area contributed by atoms with Gasteiger partial charge in [0.1, 0.15) is 5.82 Å². The molecular weight excluding hydrogens is 360 g/mol. The van der Waals surface area contributed by atoms with Gasteiger partial charge in [-0.2, -0.15) is 13.2 Å². The van der Waals surface area contributed by atoms with E-state index in [4.69, 9.17) is 0 Å². The molecular formula is C16H10F4N2O2S. The third kappa shape index (κ3) is 3.60. The predicted octanol–water partition coefficient (Wildman–Crippen LogP) is 4.48. The maximum atomic E-state index is 13.0. The number of thioether (sulfide) groups is 1. The maximum Gasteiger partial charge on any atom is 0.416 e. The van der Waals surface area contributed by atoms with Gasteiger partial charge in [-0.1, -0.05) is 6.07 Å². The van der Waals surface area contributed by atoms with Crippen molar-refractivity contribution < 1.29 is 27.2 Å². The zero-order valence-corrected chi connectivity index (χ0v) is 13.2. The lowest BCUT2D eigenvalue weighted by Crippen LogP contribution is -2.34. The van der Waals surface area contributed by atoms with E-state index >= 15 is 0 Å². The summed E-state index contributed by atoms with van der Waals surface area (Å²) in [7, 11) is 0. The van der Waals surface area contributed by atoms with E-state index < -0.39 is 34.1 Å². The molecule has 2 aromatic carbocycles. The lowest BCUT2D eigenvalue weighted by Gasteiger charge is -2.15. The number of nitrogens with zero attached hydrogens (tertiary/aromatic N) is 1. The second kappa shape index (κ2) is 6.40. The SMILES string of the molecule is O=C1S[C@H](Nc2cccc(C(F)(F)F)c2)C(=O)N1c1ccc(F)cc1. The molecule has 0 unspecified atom stereocenters. The highest BCUT2D eigenvalue weighted by molar-refractivity contribution is 8.16. The molecule has 0 spiro atoms. The number of carbonyl (C=O) groups excluding carboxylic acids is 2. The smallest absolute Gasteiger partial charge is 0.365 e. The van der Waals surface area contributed by atoms with Gasteiger partial charge in [-0.25, -0.2) is 9.29 Å². The van der Waals surface area contributed by atoms with Crippen molar-refractivity contribution in [2.45, 2.75) is 11.6 Å². The average Bonchev–Trinajstić information content (AvgIpc) is 2.82. The summed E-state index contributed by atoms with van der Waals surface area (Å²) in [5.74, 6) is -1.16. The van der Waals surface area contributed by atoms with E-state index in [2.05, 4.69) is 5.32 Å². The maximum absolute atomic E-state index is 13.0. The van der Waals surface area contributed by atoms with Crippen LogP contribution in [0.4, 0.5) is 33.7 Å². The first kappa shape index (κ1) is 17.3. The second-order valence-electron chi connectivity index (χ2n) is 5.14. The van der Waals surface area contributed by atoms with Crippen LogP contribution in [0.1, 0.15) is 5.56 Å². The predicted molar refractivity (Wildman–Crippen MR) is 85.7 cm³/mol. The van der Waals surface area contributed by atoms with Gasteiger partial charge in [-0.3, -0.25) is 9.59 Å². The Hall–Kier alpha value is -2.55. The van der Waals surface area contributed by atoms with Crippen molar-refractivity contribution in [3.05, 3.63) is 59.9 Å². The highest BCUT2D eigenvalue weighted by atomic mass is 32.2. The molecule has 2 aromatic rings. The van der Waals surface area contributed by atoms with Crippen molar-refractivity contribution >= 4 is 34.3 Å². The molecule has 0 aromatic heterocycles. The van der Waals surface area contributed by atoms with Crippen LogP contribution < -0.4 is 10.2 Å². The topological polar surface area (TPSA) is 49.4 Å². The van der Waals surface area contributed by atoms with E-state index in [0.29, 0.717) is 11.8 Å². The fourth-order valence-electron chi connectivity index (χ4n) is 2.26. The van der Waals surface area contributed by atoms with Crippen LogP contribution in [-0.2, 0) is 11.0 Å². The number of benzene rings is 2. The Morgan fingerprint density at radius 2 is 1.72 bits per heavy atom.